The molecule has 0 aromatic carbocycles. The van der Waals surface area contributed by atoms with Gasteiger partial charge < -0.3 is 4.42 Å². The molecule has 1 heterocycles. The Morgan fingerprint density at radius 3 is 2.57 bits per heavy atom. The van der Waals surface area contributed by atoms with Crippen molar-refractivity contribution < 1.29 is 17.6 Å². The summed E-state index contributed by atoms with van der Waals surface area (Å²) in [7, 11) is 0. The summed E-state index contributed by atoms with van der Waals surface area (Å²) in [4.78, 5) is 0. The average Bonchev–Trinajstić information content (AvgIpc) is 2.53. The summed E-state index contributed by atoms with van der Waals surface area (Å²) in [6.07, 6.45) is -3.10. The van der Waals surface area contributed by atoms with Crippen molar-refractivity contribution in [3.05, 3.63) is 24.2 Å². The molecule has 1 atom stereocenters. The number of hydrogen-bond acceptors (Lipinski definition) is 1. The fraction of sp³-hybridized carbons (Fsp3) is 0.556. The summed E-state index contributed by atoms with van der Waals surface area (Å²) in [5, 5.41) is 0.327. The second kappa shape index (κ2) is 4.87. The molecule has 0 aliphatic heterocycles. The van der Waals surface area contributed by atoms with Crippen LogP contribution in [-0.4, -0.2) is 11.5 Å². The Morgan fingerprint density at radius 1 is 1.43 bits per heavy atom. The molecule has 0 amide bonds. The van der Waals surface area contributed by atoms with Crippen molar-refractivity contribution in [2.45, 2.75) is 19.0 Å². The molecule has 0 fully saturated rings. The number of hydrogen-bond donors (Lipinski definition) is 0. The van der Waals surface area contributed by atoms with Gasteiger partial charge in [0.15, 0.2) is 0 Å². The first-order chi connectivity index (χ1) is 6.51. The highest BCUT2D eigenvalue weighted by Crippen LogP contribution is 2.28. The van der Waals surface area contributed by atoms with E-state index >= 15 is 0 Å². The first-order valence-corrected chi connectivity index (χ1v) is 5.28. The molecular weight excluding hydrogens is 261 g/mol. The lowest BCUT2D eigenvalue weighted by atomic mass is 10.0. The zero-order chi connectivity index (χ0) is 10.6. The smallest absolute Gasteiger partial charge is 0.389 e. The lowest BCUT2D eigenvalue weighted by Crippen LogP contribution is -2.17. The molecule has 0 unspecified atom stereocenters. The van der Waals surface area contributed by atoms with Gasteiger partial charge in [-0.3, -0.25) is 0 Å². The van der Waals surface area contributed by atoms with E-state index in [2.05, 4.69) is 15.9 Å². The van der Waals surface area contributed by atoms with Gasteiger partial charge in [0.2, 0.25) is 0 Å². The van der Waals surface area contributed by atoms with E-state index in [4.69, 9.17) is 4.42 Å². The van der Waals surface area contributed by atoms with E-state index in [-0.39, 0.29) is 0 Å². The van der Waals surface area contributed by atoms with Crippen LogP contribution in [0.25, 0.3) is 0 Å². The fourth-order valence-electron chi connectivity index (χ4n) is 1.22. The number of furan rings is 1. The van der Waals surface area contributed by atoms with Gasteiger partial charge in [0.1, 0.15) is 5.76 Å². The summed E-state index contributed by atoms with van der Waals surface area (Å²) in [5.41, 5.74) is 0. The zero-order valence-electron chi connectivity index (χ0n) is 7.35. The van der Waals surface area contributed by atoms with Crippen molar-refractivity contribution in [1.82, 2.24) is 0 Å². The van der Waals surface area contributed by atoms with Gasteiger partial charge >= 0.3 is 6.18 Å². The van der Waals surface area contributed by atoms with Gasteiger partial charge in [0, 0.05) is 18.2 Å². The highest BCUT2D eigenvalue weighted by atomic mass is 79.9. The summed E-state index contributed by atoms with van der Waals surface area (Å²) < 4.78 is 41.2. The SMILES string of the molecule is FC(F)(F)C[C@H](CBr)Cc1ccco1. The topological polar surface area (TPSA) is 13.1 Å². The maximum absolute atomic E-state index is 12.1. The molecule has 14 heavy (non-hydrogen) atoms. The highest BCUT2D eigenvalue weighted by Gasteiger charge is 2.31. The Morgan fingerprint density at radius 2 is 2.14 bits per heavy atom. The Labute approximate surface area is 88.4 Å². The van der Waals surface area contributed by atoms with Crippen LogP contribution in [0.3, 0.4) is 0 Å². The van der Waals surface area contributed by atoms with Crippen molar-refractivity contribution in [3.63, 3.8) is 0 Å². The van der Waals surface area contributed by atoms with Gasteiger partial charge in [-0.05, 0) is 18.1 Å². The van der Waals surface area contributed by atoms with E-state index in [1.165, 1.54) is 6.26 Å². The molecular formula is C9H10BrF3O. The first-order valence-electron chi connectivity index (χ1n) is 4.16. The van der Waals surface area contributed by atoms with Crippen LogP contribution in [0, 0.1) is 5.92 Å². The van der Waals surface area contributed by atoms with Gasteiger partial charge in [0.25, 0.3) is 0 Å². The number of alkyl halides is 4. The van der Waals surface area contributed by atoms with E-state index < -0.39 is 18.5 Å². The summed E-state index contributed by atoms with van der Waals surface area (Å²) in [5.74, 6) is 0.139. The van der Waals surface area contributed by atoms with Crippen LogP contribution in [0.15, 0.2) is 22.8 Å². The van der Waals surface area contributed by atoms with Crippen LogP contribution >= 0.6 is 15.9 Å². The predicted octanol–water partition coefficient (Wildman–Crippen LogP) is 3.79. The Balaban J connectivity index is 2.47. The maximum Gasteiger partial charge on any atom is 0.389 e. The fourth-order valence-corrected chi connectivity index (χ4v) is 1.68. The van der Waals surface area contributed by atoms with Gasteiger partial charge in [0.05, 0.1) is 6.26 Å². The standard InChI is InChI=1S/C9H10BrF3O/c10-6-7(5-9(11,12)13)4-8-2-1-3-14-8/h1-3,7H,4-6H2/t7-/m1/s1. The van der Waals surface area contributed by atoms with E-state index in [1.54, 1.807) is 12.1 Å². The van der Waals surface area contributed by atoms with Crippen molar-refractivity contribution in [2.24, 2.45) is 5.92 Å². The van der Waals surface area contributed by atoms with Crippen LogP contribution in [0.5, 0.6) is 0 Å². The number of halogens is 4. The summed E-state index contributed by atoms with van der Waals surface area (Å²) >= 11 is 3.07. The normalized spacial score (nSPS) is 14.3. The van der Waals surface area contributed by atoms with Crippen LogP contribution in [0.2, 0.25) is 0 Å². The monoisotopic (exact) mass is 270 g/mol. The van der Waals surface area contributed by atoms with Gasteiger partial charge in [-0.1, -0.05) is 15.9 Å². The minimum Gasteiger partial charge on any atom is -0.469 e. The quantitative estimate of drug-likeness (QED) is 0.759. The van der Waals surface area contributed by atoms with Crippen molar-refractivity contribution in [1.29, 1.82) is 0 Å². The Kier molecular flexibility index (Phi) is 4.04. The molecule has 1 aromatic rings. The zero-order valence-corrected chi connectivity index (χ0v) is 8.94. The molecule has 0 aliphatic carbocycles. The van der Waals surface area contributed by atoms with Crippen molar-refractivity contribution in [3.8, 4) is 0 Å². The average molecular weight is 271 g/mol. The third-order valence-electron chi connectivity index (χ3n) is 1.81. The molecule has 1 rings (SSSR count). The maximum atomic E-state index is 12.1. The molecule has 0 aliphatic rings. The van der Waals surface area contributed by atoms with Gasteiger partial charge in [-0.15, -0.1) is 0 Å². The molecule has 0 saturated carbocycles. The summed E-state index contributed by atoms with van der Waals surface area (Å²) in [6.45, 7) is 0. The molecule has 0 saturated heterocycles. The molecule has 5 heteroatoms. The molecule has 1 nitrogen and oxygen atoms in total. The molecule has 1 aromatic heterocycles. The molecule has 0 bridgehead atoms. The lowest BCUT2D eigenvalue weighted by Gasteiger charge is -2.14. The van der Waals surface area contributed by atoms with Crippen LogP contribution in [-0.2, 0) is 6.42 Å². The second-order valence-electron chi connectivity index (χ2n) is 3.12. The van der Waals surface area contributed by atoms with Crippen molar-refractivity contribution >= 4 is 15.9 Å². The molecule has 0 N–H and O–H groups in total. The summed E-state index contributed by atoms with van der Waals surface area (Å²) in [6, 6.07) is 3.36. The largest absolute Gasteiger partial charge is 0.469 e. The Bertz CT molecular complexity index is 256. The van der Waals surface area contributed by atoms with E-state index in [0.717, 1.165) is 0 Å². The highest BCUT2D eigenvalue weighted by molar-refractivity contribution is 9.09. The van der Waals surface area contributed by atoms with Crippen LogP contribution in [0.1, 0.15) is 12.2 Å². The van der Waals surface area contributed by atoms with Crippen molar-refractivity contribution in [2.75, 3.05) is 5.33 Å². The van der Waals surface area contributed by atoms with E-state index in [0.29, 0.717) is 17.5 Å². The van der Waals surface area contributed by atoms with E-state index in [9.17, 15) is 13.2 Å². The minimum absolute atomic E-state index is 0.317. The molecule has 80 valence electrons. The third kappa shape index (κ3) is 4.17. The molecule has 0 spiro atoms. The second-order valence-corrected chi connectivity index (χ2v) is 3.77. The third-order valence-corrected chi connectivity index (χ3v) is 2.72. The lowest BCUT2D eigenvalue weighted by molar-refractivity contribution is -0.142. The van der Waals surface area contributed by atoms with Crippen LogP contribution < -0.4 is 0 Å². The van der Waals surface area contributed by atoms with Gasteiger partial charge in [-0.2, -0.15) is 13.2 Å². The van der Waals surface area contributed by atoms with E-state index in [1.807, 2.05) is 0 Å². The Hall–Kier alpha value is -0.450. The van der Waals surface area contributed by atoms with Crippen LogP contribution in [0.4, 0.5) is 13.2 Å². The first kappa shape index (κ1) is 11.6. The minimum atomic E-state index is -4.11. The predicted molar refractivity (Wildman–Crippen MR) is 50.4 cm³/mol. The number of rotatable bonds is 4. The molecule has 0 radical (unpaired) electrons. The van der Waals surface area contributed by atoms with Gasteiger partial charge in [-0.25, -0.2) is 0 Å².